The van der Waals surface area contributed by atoms with Crippen molar-refractivity contribution in [3.05, 3.63) is 0 Å². The normalized spacial score (nSPS) is 39.2. The third-order valence-corrected chi connectivity index (χ3v) is 5.44. The van der Waals surface area contributed by atoms with Crippen LogP contribution in [0.1, 0.15) is 80.1 Å². The molecule has 19 heavy (non-hydrogen) atoms. The highest BCUT2D eigenvalue weighted by Gasteiger charge is 2.39. The maximum absolute atomic E-state index is 4.04. The Hall–Kier alpha value is -0.0400. The average Bonchev–Trinajstić information content (AvgIpc) is 2.17. The molecule has 0 aromatic heterocycles. The van der Waals surface area contributed by atoms with E-state index in [9.17, 15) is 0 Å². The van der Waals surface area contributed by atoms with Gasteiger partial charge in [0.2, 0.25) is 0 Å². The van der Waals surface area contributed by atoms with Crippen molar-refractivity contribution in [3.63, 3.8) is 0 Å². The molecule has 1 N–H and O–H groups in total. The predicted octanol–water partition coefficient (Wildman–Crippen LogP) is 5.01. The summed E-state index contributed by atoms with van der Waals surface area (Å²) in [7, 11) is 0. The molecule has 0 spiro atoms. The Morgan fingerprint density at radius 1 is 0.895 bits per heavy atom. The predicted molar refractivity (Wildman–Crippen MR) is 84.3 cm³/mol. The maximum Gasteiger partial charge on any atom is 0.00954 e. The summed E-state index contributed by atoms with van der Waals surface area (Å²) in [6.07, 6.45) is 8.30. The van der Waals surface area contributed by atoms with Gasteiger partial charge in [0.25, 0.3) is 0 Å². The van der Waals surface area contributed by atoms with Crippen LogP contribution in [0.3, 0.4) is 0 Å². The molecular formula is C18H35N. The second-order valence-corrected chi connectivity index (χ2v) is 9.28. The Labute approximate surface area is 120 Å². The van der Waals surface area contributed by atoms with Crippen LogP contribution in [0.2, 0.25) is 0 Å². The summed E-state index contributed by atoms with van der Waals surface area (Å²) in [6.45, 7) is 14.7. The zero-order valence-electron chi connectivity index (χ0n) is 14.1. The zero-order chi connectivity index (χ0) is 14.3. The van der Waals surface area contributed by atoms with Crippen LogP contribution in [-0.2, 0) is 0 Å². The Morgan fingerprint density at radius 2 is 1.47 bits per heavy atom. The molecule has 3 atom stereocenters. The first kappa shape index (κ1) is 15.4. The first-order chi connectivity index (χ1) is 8.67. The quantitative estimate of drug-likeness (QED) is 0.740. The number of rotatable bonds is 2. The molecule has 2 aliphatic rings. The Kier molecular flexibility index (Phi) is 4.35. The van der Waals surface area contributed by atoms with Gasteiger partial charge in [-0.15, -0.1) is 0 Å². The van der Waals surface area contributed by atoms with Crippen LogP contribution in [0.25, 0.3) is 0 Å². The second kappa shape index (κ2) is 5.39. The molecule has 0 saturated heterocycles. The fourth-order valence-electron chi connectivity index (χ4n) is 5.18. The molecule has 112 valence electrons. The molecule has 0 heterocycles. The lowest BCUT2D eigenvalue weighted by molar-refractivity contribution is 0.0704. The molecular weight excluding hydrogens is 230 g/mol. The summed E-state index contributed by atoms with van der Waals surface area (Å²) in [6, 6.07) is 1.51. The smallest absolute Gasteiger partial charge is 0.00954 e. The minimum atomic E-state index is 0.505. The van der Waals surface area contributed by atoms with Crippen molar-refractivity contribution in [2.75, 3.05) is 0 Å². The molecule has 0 aromatic carbocycles. The monoisotopic (exact) mass is 265 g/mol. The molecule has 3 unspecified atom stereocenters. The summed E-state index contributed by atoms with van der Waals surface area (Å²) in [5.74, 6) is 1.80. The van der Waals surface area contributed by atoms with Gasteiger partial charge in [-0.2, -0.15) is 0 Å². The lowest BCUT2D eigenvalue weighted by atomic mass is 9.63. The third kappa shape index (κ3) is 4.21. The molecule has 0 bridgehead atoms. The molecule has 0 radical (unpaired) electrons. The van der Waals surface area contributed by atoms with Crippen molar-refractivity contribution in [3.8, 4) is 0 Å². The van der Waals surface area contributed by atoms with E-state index in [1.54, 1.807) is 0 Å². The summed E-state index contributed by atoms with van der Waals surface area (Å²) >= 11 is 0. The van der Waals surface area contributed by atoms with E-state index in [0.717, 1.165) is 23.9 Å². The van der Waals surface area contributed by atoms with E-state index in [1.165, 1.54) is 38.5 Å². The highest BCUT2D eigenvalue weighted by Crippen LogP contribution is 2.46. The highest BCUT2D eigenvalue weighted by atomic mass is 15.0. The van der Waals surface area contributed by atoms with Crippen LogP contribution in [0.15, 0.2) is 0 Å². The Bertz CT molecular complexity index is 289. The van der Waals surface area contributed by atoms with E-state index in [1.807, 2.05) is 0 Å². The fourth-order valence-corrected chi connectivity index (χ4v) is 5.18. The van der Waals surface area contributed by atoms with Gasteiger partial charge in [0, 0.05) is 12.1 Å². The first-order valence-electron chi connectivity index (χ1n) is 8.43. The van der Waals surface area contributed by atoms with Gasteiger partial charge in [0.1, 0.15) is 0 Å². The maximum atomic E-state index is 4.04. The molecule has 2 rings (SSSR count). The van der Waals surface area contributed by atoms with Gasteiger partial charge in [-0.3, -0.25) is 0 Å². The van der Waals surface area contributed by atoms with Gasteiger partial charge in [-0.05, 0) is 61.2 Å². The molecule has 1 nitrogen and oxygen atoms in total. The molecule has 2 fully saturated rings. The van der Waals surface area contributed by atoms with Crippen molar-refractivity contribution in [2.24, 2.45) is 22.7 Å². The van der Waals surface area contributed by atoms with Gasteiger partial charge in [-0.1, -0.05) is 41.5 Å². The minimum absolute atomic E-state index is 0.505. The largest absolute Gasteiger partial charge is 0.311 e. The molecule has 2 aliphatic carbocycles. The summed E-state index contributed by atoms with van der Waals surface area (Å²) < 4.78 is 0. The Morgan fingerprint density at radius 3 is 2.00 bits per heavy atom. The molecule has 0 aliphatic heterocycles. The topological polar surface area (TPSA) is 12.0 Å². The van der Waals surface area contributed by atoms with Crippen molar-refractivity contribution in [2.45, 2.75) is 92.2 Å². The summed E-state index contributed by atoms with van der Waals surface area (Å²) in [5, 5.41) is 4.04. The molecule has 2 saturated carbocycles. The standard InChI is InChI=1S/C18H35N/c1-13-7-8-16(14(2)9-13)19-15-10-17(3,4)12-18(5,6)11-15/h13-16,19H,7-12H2,1-6H3. The van der Waals surface area contributed by atoms with Crippen molar-refractivity contribution < 1.29 is 0 Å². The van der Waals surface area contributed by atoms with E-state index in [-0.39, 0.29) is 0 Å². The summed E-state index contributed by atoms with van der Waals surface area (Å²) in [4.78, 5) is 0. The van der Waals surface area contributed by atoms with Gasteiger partial charge < -0.3 is 5.32 Å². The van der Waals surface area contributed by atoms with Crippen LogP contribution < -0.4 is 5.32 Å². The number of nitrogens with one attached hydrogen (secondary N) is 1. The lowest BCUT2D eigenvalue weighted by Gasteiger charge is -2.47. The third-order valence-electron chi connectivity index (χ3n) is 5.44. The van der Waals surface area contributed by atoms with Crippen LogP contribution in [0.4, 0.5) is 0 Å². The first-order valence-corrected chi connectivity index (χ1v) is 8.43. The minimum Gasteiger partial charge on any atom is -0.311 e. The van der Waals surface area contributed by atoms with Crippen LogP contribution >= 0.6 is 0 Å². The highest BCUT2D eigenvalue weighted by molar-refractivity contribution is 4.94. The van der Waals surface area contributed by atoms with E-state index in [2.05, 4.69) is 46.9 Å². The molecule has 1 heteroatoms. The zero-order valence-corrected chi connectivity index (χ0v) is 14.1. The van der Waals surface area contributed by atoms with Crippen molar-refractivity contribution >= 4 is 0 Å². The van der Waals surface area contributed by atoms with E-state index >= 15 is 0 Å². The van der Waals surface area contributed by atoms with Gasteiger partial charge in [0.05, 0.1) is 0 Å². The van der Waals surface area contributed by atoms with Gasteiger partial charge >= 0.3 is 0 Å². The molecule has 0 aromatic rings. The van der Waals surface area contributed by atoms with Crippen molar-refractivity contribution in [1.29, 1.82) is 0 Å². The van der Waals surface area contributed by atoms with Crippen LogP contribution in [-0.4, -0.2) is 12.1 Å². The van der Waals surface area contributed by atoms with Gasteiger partial charge in [-0.25, -0.2) is 0 Å². The van der Waals surface area contributed by atoms with E-state index < -0.39 is 0 Å². The fraction of sp³-hybridized carbons (Fsp3) is 1.00. The van der Waals surface area contributed by atoms with E-state index in [4.69, 9.17) is 0 Å². The van der Waals surface area contributed by atoms with E-state index in [0.29, 0.717) is 10.8 Å². The van der Waals surface area contributed by atoms with Gasteiger partial charge in [0.15, 0.2) is 0 Å². The van der Waals surface area contributed by atoms with Crippen molar-refractivity contribution in [1.82, 2.24) is 5.32 Å². The van der Waals surface area contributed by atoms with Crippen LogP contribution in [0.5, 0.6) is 0 Å². The van der Waals surface area contributed by atoms with Crippen LogP contribution in [0, 0.1) is 22.7 Å². The average molecular weight is 265 g/mol. The Balaban J connectivity index is 1.95. The lowest BCUT2D eigenvalue weighted by Crippen LogP contribution is -2.50. The second-order valence-electron chi connectivity index (χ2n) is 9.28. The number of hydrogen-bond donors (Lipinski definition) is 1. The summed E-state index contributed by atoms with van der Waals surface area (Å²) in [5.41, 5.74) is 1.01. The SMILES string of the molecule is CC1CCC(NC2CC(C)(C)CC(C)(C)C2)C(C)C1. The molecule has 0 amide bonds. The number of hydrogen-bond acceptors (Lipinski definition) is 1.